The summed E-state index contributed by atoms with van der Waals surface area (Å²) >= 11 is 1.68. The number of hydrogen-bond acceptors (Lipinski definition) is 4. The van der Waals surface area contributed by atoms with Crippen molar-refractivity contribution in [3.63, 3.8) is 0 Å². The fourth-order valence-electron chi connectivity index (χ4n) is 4.46. The molecule has 0 aliphatic carbocycles. The van der Waals surface area contributed by atoms with Crippen molar-refractivity contribution in [1.82, 2.24) is 19.4 Å². The molecule has 3 heterocycles. The van der Waals surface area contributed by atoms with Crippen molar-refractivity contribution in [2.24, 2.45) is 0 Å². The van der Waals surface area contributed by atoms with Crippen LogP contribution in [0.4, 0.5) is 0 Å². The van der Waals surface area contributed by atoms with Gasteiger partial charge in [-0.3, -0.25) is 4.40 Å². The molecule has 0 radical (unpaired) electrons. The number of aromatic nitrogens is 4. The molecule has 0 N–H and O–H groups in total. The zero-order valence-corrected chi connectivity index (χ0v) is 18.9. The van der Waals surface area contributed by atoms with Crippen LogP contribution in [0.3, 0.4) is 0 Å². The molecule has 0 spiro atoms. The molecule has 34 heavy (non-hydrogen) atoms. The van der Waals surface area contributed by atoms with Gasteiger partial charge in [-0.25, -0.2) is 15.0 Å². The van der Waals surface area contributed by atoms with Gasteiger partial charge in [-0.15, -0.1) is 0 Å². The van der Waals surface area contributed by atoms with Crippen LogP contribution >= 0.6 is 11.3 Å². The second kappa shape index (κ2) is 7.61. The number of thiazole rings is 1. The SMILES string of the molecule is c1ccc(-c2cc(-c3ccccc3)nc(-c3cccc4c3sc3nc5ccccc5n34)n2)cc1. The van der Waals surface area contributed by atoms with Gasteiger partial charge in [0.15, 0.2) is 10.8 Å². The van der Waals surface area contributed by atoms with Gasteiger partial charge < -0.3 is 0 Å². The van der Waals surface area contributed by atoms with Crippen molar-refractivity contribution >= 4 is 37.5 Å². The number of hydrogen-bond donors (Lipinski definition) is 0. The highest BCUT2D eigenvalue weighted by molar-refractivity contribution is 7.24. The summed E-state index contributed by atoms with van der Waals surface area (Å²) in [4.78, 5) is 15.9. The summed E-state index contributed by atoms with van der Waals surface area (Å²) in [5.41, 5.74) is 8.24. The molecule has 0 aliphatic heterocycles. The van der Waals surface area contributed by atoms with Crippen molar-refractivity contribution in [1.29, 1.82) is 0 Å². The van der Waals surface area contributed by atoms with Gasteiger partial charge in [-0.05, 0) is 30.3 Å². The highest BCUT2D eigenvalue weighted by Gasteiger charge is 2.17. The van der Waals surface area contributed by atoms with E-state index < -0.39 is 0 Å². The lowest BCUT2D eigenvalue weighted by Gasteiger charge is -2.10. The van der Waals surface area contributed by atoms with Gasteiger partial charge in [-0.2, -0.15) is 0 Å². The smallest absolute Gasteiger partial charge is 0.195 e. The maximum Gasteiger partial charge on any atom is 0.195 e. The van der Waals surface area contributed by atoms with E-state index in [1.807, 2.05) is 42.5 Å². The van der Waals surface area contributed by atoms with E-state index >= 15 is 0 Å². The second-order valence-corrected chi connectivity index (χ2v) is 9.15. The maximum atomic E-state index is 5.03. The quantitative estimate of drug-likeness (QED) is 0.278. The summed E-state index contributed by atoms with van der Waals surface area (Å²) in [7, 11) is 0. The Balaban J connectivity index is 1.51. The van der Waals surface area contributed by atoms with E-state index in [2.05, 4.69) is 71.1 Å². The standard InChI is InChI=1S/C29H18N4S/c1-3-10-19(11-4-1)23-18-24(20-12-5-2-6-13-20)31-28(30-23)21-14-9-17-26-27(21)34-29-32-22-15-7-8-16-25(22)33(26)29/h1-18H. The Morgan fingerprint density at radius 2 is 1.18 bits per heavy atom. The minimum absolute atomic E-state index is 0.722. The van der Waals surface area contributed by atoms with Gasteiger partial charge in [0.05, 0.1) is 32.6 Å². The summed E-state index contributed by atoms with van der Waals surface area (Å²) in [6, 6.07) is 37.3. The lowest BCUT2D eigenvalue weighted by molar-refractivity contribution is 1.19. The molecule has 0 saturated carbocycles. The molecule has 0 fully saturated rings. The first-order valence-corrected chi connectivity index (χ1v) is 12.0. The molecule has 7 aromatic rings. The minimum atomic E-state index is 0.722. The number of imidazole rings is 1. The van der Waals surface area contributed by atoms with Crippen LogP contribution in [0.25, 0.3) is 60.1 Å². The van der Waals surface area contributed by atoms with Gasteiger partial charge in [0, 0.05) is 16.7 Å². The fourth-order valence-corrected chi connectivity index (χ4v) is 5.61. The van der Waals surface area contributed by atoms with Crippen LogP contribution in [0.1, 0.15) is 0 Å². The Labute approximate surface area is 199 Å². The van der Waals surface area contributed by atoms with Crippen LogP contribution in [0.2, 0.25) is 0 Å². The molecule has 0 amide bonds. The first-order chi connectivity index (χ1) is 16.8. The zero-order valence-electron chi connectivity index (χ0n) is 18.1. The van der Waals surface area contributed by atoms with Crippen molar-refractivity contribution in [3.8, 4) is 33.9 Å². The molecule has 5 heteroatoms. The second-order valence-electron chi connectivity index (χ2n) is 8.17. The molecular weight excluding hydrogens is 436 g/mol. The number of nitrogens with zero attached hydrogens (tertiary/aromatic N) is 4. The Hall–Kier alpha value is -4.35. The van der Waals surface area contributed by atoms with E-state index in [1.54, 1.807) is 11.3 Å². The van der Waals surface area contributed by atoms with Gasteiger partial charge in [-0.1, -0.05) is 90.2 Å². The third-order valence-corrected chi connectivity index (χ3v) is 7.15. The summed E-state index contributed by atoms with van der Waals surface area (Å²) in [5.74, 6) is 0.722. The van der Waals surface area contributed by atoms with E-state index in [9.17, 15) is 0 Å². The van der Waals surface area contributed by atoms with Crippen LogP contribution in [0.15, 0.2) is 109 Å². The van der Waals surface area contributed by atoms with E-state index in [0.717, 1.165) is 60.1 Å². The normalized spacial score (nSPS) is 11.5. The summed E-state index contributed by atoms with van der Waals surface area (Å²) in [6.07, 6.45) is 0. The topological polar surface area (TPSA) is 43.1 Å². The number of benzene rings is 4. The number of rotatable bonds is 3. The third kappa shape index (κ3) is 3.02. The Morgan fingerprint density at radius 1 is 0.559 bits per heavy atom. The molecule has 0 saturated heterocycles. The largest absolute Gasteiger partial charge is 0.283 e. The van der Waals surface area contributed by atoms with Crippen LogP contribution in [-0.4, -0.2) is 19.4 Å². The molecule has 4 aromatic carbocycles. The monoisotopic (exact) mass is 454 g/mol. The highest BCUT2D eigenvalue weighted by atomic mass is 32.1. The fraction of sp³-hybridized carbons (Fsp3) is 0. The average Bonchev–Trinajstić information content (AvgIpc) is 3.45. The van der Waals surface area contributed by atoms with E-state index in [4.69, 9.17) is 15.0 Å². The van der Waals surface area contributed by atoms with Crippen molar-refractivity contribution < 1.29 is 0 Å². The van der Waals surface area contributed by atoms with Crippen molar-refractivity contribution in [2.45, 2.75) is 0 Å². The lowest BCUT2D eigenvalue weighted by atomic mass is 10.1. The molecule has 0 atom stereocenters. The van der Waals surface area contributed by atoms with Gasteiger partial charge in [0.2, 0.25) is 0 Å². The molecule has 0 aliphatic rings. The summed E-state index contributed by atoms with van der Waals surface area (Å²) < 4.78 is 3.37. The predicted octanol–water partition coefficient (Wildman–Crippen LogP) is 7.49. The molecule has 4 nitrogen and oxygen atoms in total. The molecule has 7 rings (SSSR count). The average molecular weight is 455 g/mol. The number of para-hydroxylation sites is 2. The van der Waals surface area contributed by atoms with Crippen LogP contribution in [-0.2, 0) is 0 Å². The Morgan fingerprint density at radius 3 is 1.88 bits per heavy atom. The van der Waals surface area contributed by atoms with Crippen molar-refractivity contribution in [3.05, 3.63) is 109 Å². The summed E-state index contributed by atoms with van der Waals surface area (Å²) in [6.45, 7) is 0. The lowest BCUT2D eigenvalue weighted by Crippen LogP contribution is -1.96. The minimum Gasteiger partial charge on any atom is -0.283 e. The van der Waals surface area contributed by atoms with E-state index in [0.29, 0.717) is 0 Å². The van der Waals surface area contributed by atoms with E-state index in [1.165, 1.54) is 0 Å². The number of fused-ring (bicyclic) bond motifs is 5. The Bertz CT molecular complexity index is 1740. The molecule has 3 aromatic heterocycles. The Kier molecular flexibility index (Phi) is 4.29. The van der Waals surface area contributed by atoms with E-state index in [-0.39, 0.29) is 0 Å². The van der Waals surface area contributed by atoms with Crippen LogP contribution < -0.4 is 0 Å². The molecule has 160 valence electrons. The molecular formula is C29H18N4S. The summed E-state index contributed by atoms with van der Waals surface area (Å²) in [5, 5.41) is 0. The first-order valence-electron chi connectivity index (χ1n) is 11.1. The molecule has 0 unspecified atom stereocenters. The van der Waals surface area contributed by atoms with Gasteiger partial charge >= 0.3 is 0 Å². The van der Waals surface area contributed by atoms with Gasteiger partial charge in [0.25, 0.3) is 0 Å². The molecule has 0 bridgehead atoms. The predicted molar refractivity (Wildman–Crippen MR) is 140 cm³/mol. The van der Waals surface area contributed by atoms with Crippen LogP contribution in [0.5, 0.6) is 0 Å². The zero-order chi connectivity index (χ0) is 22.5. The third-order valence-electron chi connectivity index (χ3n) is 6.06. The van der Waals surface area contributed by atoms with Gasteiger partial charge in [0.1, 0.15) is 0 Å². The maximum absolute atomic E-state index is 5.03. The van der Waals surface area contributed by atoms with Crippen molar-refractivity contribution in [2.75, 3.05) is 0 Å². The first kappa shape index (κ1) is 19.1. The van der Waals surface area contributed by atoms with Crippen LogP contribution in [0, 0.1) is 0 Å². The highest BCUT2D eigenvalue weighted by Crippen LogP contribution is 2.37.